The lowest BCUT2D eigenvalue weighted by Gasteiger charge is -2.25. The third kappa shape index (κ3) is 5.38. The molecule has 0 fully saturated rings. The van der Waals surface area contributed by atoms with E-state index in [1.165, 1.54) is 0 Å². The second-order valence-electron chi connectivity index (χ2n) is 6.78. The Hall–Kier alpha value is -1.55. The number of hydrogen-bond acceptors (Lipinski definition) is 4. The van der Waals surface area contributed by atoms with E-state index in [1.807, 2.05) is 6.07 Å². The zero-order chi connectivity index (χ0) is 16.3. The van der Waals surface area contributed by atoms with Crippen LogP contribution in [0.3, 0.4) is 0 Å². The molecule has 4 heteroatoms. The van der Waals surface area contributed by atoms with Crippen LogP contribution in [0.15, 0.2) is 18.2 Å². The van der Waals surface area contributed by atoms with Crippen molar-refractivity contribution < 1.29 is 19.4 Å². The molecule has 4 nitrogen and oxygen atoms in total. The summed E-state index contributed by atoms with van der Waals surface area (Å²) in [5, 5.41) is 9.82. The topological polar surface area (TPSA) is 55.8 Å². The maximum absolute atomic E-state index is 11.8. The fraction of sp³-hybridized carbons (Fsp3) is 0.588. The van der Waals surface area contributed by atoms with Crippen LogP contribution in [-0.4, -0.2) is 29.9 Å². The molecule has 0 aliphatic carbocycles. The summed E-state index contributed by atoms with van der Waals surface area (Å²) >= 11 is 0. The van der Waals surface area contributed by atoms with Gasteiger partial charge in [-0.15, -0.1) is 0 Å². The molecule has 118 valence electrons. The lowest BCUT2D eigenvalue weighted by atomic mass is 9.85. The predicted octanol–water partition coefficient (Wildman–Crippen LogP) is 3.31. The minimum Gasteiger partial charge on any atom is -0.490 e. The smallest absolute Gasteiger partial charge is 0.338 e. The van der Waals surface area contributed by atoms with Gasteiger partial charge in [0.15, 0.2) is 0 Å². The van der Waals surface area contributed by atoms with E-state index in [1.54, 1.807) is 32.9 Å². The minimum absolute atomic E-state index is 0.123. The van der Waals surface area contributed by atoms with E-state index >= 15 is 0 Å². The van der Waals surface area contributed by atoms with Crippen molar-refractivity contribution in [1.29, 1.82) is 0 Å². The van der Waals surface area contributed by atoms with Crippen LogP contribution in [0.5, 0.6) is 5.75 Å². The third-order valence-corrected chi connectivity index (χ3v) is 2.88. The number of hydrogen-bond donors (Lipinski definition) is 1. The van der Waals surface area contributed by atoms with Crippen molar-refractivity contribution in [3.8, 4) is 5.75 Å². The first kappa shape index (κ1) is 17.5. The molecule has 0 saturated heterocycles. The van der Waals surface area contributed by atoms with E-state index in [9.17, 15) is 9.90 Å². The van der Waals surface area contributed by atoms with E-state index in [0.717, 1.165) is 5.56 Å². The monoisotopic (exact) mass is 294 g/mol. The molecule has 0 spiro atoms. The van der Waals surface area contributed by atoms with Crippen molar-refractivity contribution in [3.63, 3.8) is 0 Å². The van der Waals surface area contributed by atoms with E-state index < -0.39 is 5.60 Å². The van der Waals surface area contributed by atoms with Crippen LogP contribution in [-0.2, 0) is 10.2 Å². The van der Waals surface area contributed by atoms with Crippen LogP contribution >= 0.6 is 0 Å². The van der Waals surface area contributed by atoms with Crippen molar-refractivity contribution in [2.75, 3.05) is 13.2 Å². The summed E-state index contributed by atoms with van der Waals surface area (Å²) in [6, 6.07) is 5.31. The molecule has 0 atom stereocenters. The van der Waals surface area contributed by atoms with Crippen LogP contribution in [0.2, 0.25) is 0 Å². The highest BCUT2D eigenvalue weighted by atomic mass is 16.5. The second kappa shape index (κ2) is 6.48. The fourth-order valence-electron chi connectivity index (χ4n) is 1.86. The third-order valence-electron chi connectivity index (χ3n) is 2.88. The first-order valence-electron chi connectivity index (χ1n) is 7.21. The van der Waals surface area contributed by atoms with Gasteiger partial charge in [0, 0.05) is 0 Å². The van der Waals surface area contributed by atoms with Crippen molar-refractivity contribution >= 4 is 5.97 Å². The zero-order valence-corrected chi connectivity index (χ0v) is 13.8. The molecule has 0 aromatic heterocycles. The van der Waals surface area contributed by atoms with Gasteiger partial charge in [-0.05, 0) is 43.9 Å². The Balaban J connectivity index is 3.14. The SMILES string of the molecule is CCOC(=O)c1ccc(C(C)(C)C)c(OCC(C)(C)O)c1. The van der Waals surface area contributed by atoms with Gasteiger partial charge < -0.3 is 14.6 Å². The number of benzene rings is 1. The highest BCUT2D eigenvalue weighted by molar-refractivity contribution is 5.90. The van der Waals surface area contributed by atoms with E-state index in [4.69, 9.17) is 9.47 Å². The molecule has 0 aliphatic heterocycles. The fourth-order valence-corrected chi connectivity index (χ4v) is 1.86. The van der Waals surface area contributed by atoms with Gasteiger partial charge in [0.05, 0.1) is 17.8 Å². The van der Waals surface area contributed by atoms with Gasteiger partial charge in [0.2, 0.25) is 0 Å². The van der Waals surface area contributed by atoms with Gasteiger partial charge in [0.25, 0.3) is 0 Å². The normalized spacial score (nSPS) is 12.1. The molecule has 0 radical (unpaired) electrons. The highest BCUT2D eigenvalue weighted by Crippen LogP contribution is 2.32. The molecule has 0 unspecified atom stereocenters. The standard InChI is InChI=1S/C17H26O4/c1-7-20-15(18)12-8-9-13(16(2,3)4)14(10-12)21-11-17(5,6)19/h8-10,19H,7,11H2,1-6H3. The highest BCUT2D eigenvalue weighted by Gasteiger charge is 2.22. The molecule has 21 heavy (non-hydrogen) atoms. The summed E-state index contributed by atoms with van der Waals surface area (Å²) in [7, 11) is 0. The molecular weight excluding hydrogens is 268 g/mol. The summed E-state index contributed by atoms with van der Waals surface area (Å²) in [5.41, 5.74) is 0.382. The van der Waals surface area contributed by atoms with E-state index in [0.29, 0.717) is 17.9 Å². The Bertz CT molecular complexity index is 492. The van der Waals surface area contributed by atoms with Crippen molar-refractivity contribution in [2.45, 2.75) is 52.6 Å². The van der Waals surface area contributed by atoms with Crippen molar-refractivity contribution in [1.82, 2.24) is 0 Å². The Morgan fingerprint density at radius 2 is 1.81 bits per heavy atom. The average molecular weight is 294 g/mol. The molecule has 0 amide bonds. The van der Waals surface area contributed by atoms with Crippen LogP contribution in [0.4, 0.5) is 0 Å². The largest absolute Gasteiger partial charge is 0.490 e. The molecule has 1 rings (SSSR count). The molecule has 1 N–H and O–H groups in total. The number of ether oxygens (including phenoxy) is 2. The Kier molecular flexibility index (Phi) is 5.40. The maximum Gasteiger partial charge on any atom is 0.338 e. The minimum atomic E-state index is -0.935. The number of aliphatic hydroxyl groups is 1. The van der Waals surface area contributed by atoms with Gasteiger partial charge in [-0.3, -0.25) is 0 Å². The second-order valence-corrected chi connectivity index (χ2v) is 6.78. The van der Waals surface area contributed by atoms with Crippen LogP contribution < -0.4 is 4.74 Å². The van der Waals surface area contributed by atoms with Crippen LogP contribution in [0.1, 0.15) is 57.5 Å². The summed E-state index contributed by atoms with van der Waals surface area (Å²) in [6.45, 7) is 11.8. The molecule has 0 bridgehead atoms. The molecule has 0 aliphatic rings. The average Bonchev–Trinajstić information content (AvgIpc) is 2.34. The van der Waals surface area contributed by atoms with E-state index in [-0.39, 0.29) is 18.0 Å². The Morgan fingerprint density at radius 3 is 2.29 bits per heavy atom. The van der Waals surface area contributed by atoms with Gasteiger partial charge in [0.1, 0.15) is 12.4 Å². The first-order chi connectivity index (χ1) is 9.54. The van der Waals surface area contributed by atoms with Crippen molar-refractivity contribution in [3.05, 3.63) is 29.3 Å². The number of esters is 1. The quantitative estimate of drug-likeness (QED) is 0.846. The lowest BCUT2D eigenvalue weighted by Crippen LogP contribution is -2.28. The summed E-state index contributed by atoms with van der Waals surface area (Å²) in [6.07, 6.45) is 0. The Morgan fingerprint density at radius 1 is 1.19 bits per heavy atom. The molecule has 0 saturated carbocycles. The maximum atomic E-state index is 11.8. The zero-order valence-electron chi connectivity index (χ0n) is 13.8. The number of rotatable bonds is 5. The molecule has 1 aromatic rings. The number of carbonyl (C=O) groups excluding carboxylic acids is 1. The summed E-state index contributed by atoms with van der Waals surface area (Å²) in [4.78, 5) is 11.8. The van der Waals surface area contributed by atoms with Gasteiger partial charge in [-0.1, -0.05) is 26.8 Å². The number of carbonyl (C=O) groups is 1. The Labute approximate surface area is 127 Å². The van der Waals surface area contributed by atoms with Gasteiger partial charge in [-0.2, -0.15) is 0 Å². The summed E-state index contributed by atoms with van der Waals surface area (Å²) < 4.78 is 10.7. The molecule has 1 aromatic carbocycles. The predicted molar refractivity (Wildman–Crippen MR) is 82.9 cm³/mol. The van der Waals surface area contributed by atoms with Gasteiger partial charge in [-0.25, -0.2) is 4.79 Å². The lowest BCUT2D eigenvalue weighted by molar-refractivity contribution is 0.0278. The summed E-state index contributed by atoms with van der Waals surface area (Å²) in [5.74, 6) is 0.237. The van der Waals surface area contributed by atoms with E-state index in [2.05, 4.69) is 20.8 Å². The van der Waals surface area contributed by atoms with Crippen molar-refractivity contribution in [2.24, 2.45) is 0 Å². The first-order valence-corrected chi connectivity index (χ1v) is 7.21. The van der Waals surface area contributed by atoms with Crippen LogP contribution in [0.25, 0.3) is 0 Å². The molecule has 0 heterocycles. The molecular formula is C17H26O4. The van der Waals surface area contributed by atoms with Gasteiger partial charge >= 0.3 is 5.97 Å². The van der Waals surface area contributed by atoms with Crippen LogP contribution in [0, 0.1) is 0 Å².